The normalized spacial score (nSPS) is 16.2. The first kappa shape index (κ1) is 15.0. The van der Waals surface area contributed by atoms with Crippen molar-refractivity contribution in [2.45, 2.75) is 32.0 Å². The Kier molecular flexibility index (Phi) is 4.09. The van der Waals surface area contributed by atoms with Crippen molar-refractivity contribution in [3.8, 4) is 5.75 Å². The molecular formula is C21H22N2O. The van der Waals surface area contributed by atoms with Crippen molar-refractivity contribution >= 4 is 0 Å². The van der Waals surface area contributed by atoms with Gasteiger partial charge in [-0.15, -0.1) is 0 Å². The van der Waals surface area contributed by atoms with Crippen LogP contribution in [0.1, 0.15) is 34.7 Å². The molecule has 0 unspecified atom stereocenters. The molecule has 1 aromatic heterocycles. The van der Waals surface area contributed by atoms with Crippen LogP contribution in [0.15, 0.2) is 67.0 Å². The molecule has 1 aliphatic carbocycles. The van der Waals surface area contributed by atoms with E-state index in [0.29, 0.717) is 11.8 Å². The second-order valence-corrected chi connectivity index (χ2v) is 6.49. The zero-order chi connectivity index (χ0) is 16.4. The molecule has 122 valence electrons. The summed E-state index contributed by atoms with van der Waals surface area (Å²) in [6.07, 6.45) is 6.35. The molecule has 0 amide bonds. The molecule has 24 heavy (non-hydrogen) atoms. The SMILES string of the molecule is Oc1cccc2c1CC[C@@H]2NCc1ccn(Cc2ccccc2)c1. The number of aromatic nitrogens is 1. The number of aromatic hydroxyl groups is 1. The maximum absolute atomic E-state index is 9.95. The average molecular weight is 318 g/mol. The van der Waals surface area contributed by atoms with Crippen molar-refractivity contribution in [2.75, 3.05) is 0 Å². The van der Waals surface area contributed by atoms with Crippen LogP contribution in [0.25, 0.3) is 0 Å². The van der Waals surface area contributed by atoms with Crippen LogP contribution in [-0.2, 0) is 19.5 Å². The van der Waals surface area contributed by atoms with E-state index in [1.54, 1.807) is 6.07 Å². The summed E-state index contributed by atoms with van der Waals surface area (Å²) in [4.78, 5) is 0. The number of benzene rings is 2. The number of hydrogen-bond acceptors (Lipinski definition) is 2. The minimum atomic E-state index is 0.338. The van der Waals surface area contributed by atoms with Crippen LogP contribution in [-0.4, -0.2) is 9.67 Å². The summed E-state index contributed by atoms with van der Waals surface area (Å²) in [5, 5.41) is 13.6. The van der Waals surface area contributed by atoms with Crippen molar-refractivity contribution in [2.24, 2.45) is 0 Å². The number of phenolic OH excluding ortho intramolecular Hbond substituents is 1. The van der Waals surface area contributed by atoms with Gasteiger partial charge in [0.15, 0.2) is 0 Å². The first-order valence-corrected chi connectivity index (χ1v) is 8.52. The minimum absolute atomic E-state index is 0.338. The Morgan fingerprint density at radius 2 is 1.88 bits per heavy atom. The van der Waals surface area contributed by atoms with Crippen molar-refractivity contribution in [3.05, 3.63) is 89.2 Å². The molecule has 2 N–H and O–H groups in total. The van der Waals surface area contributed by atoms with E-state index in [-0.39, 0.29) is 0 Å². The summed E-state index contributed by atoms with van der Waals surface area (Å²) in [6.45, 7) is 1.75. The molecule has 0 radical (unpaired) electrons. The van der Waals surface area contributed by atoms with Gasteiger partial charge in [0, 0.05) is 31.5 Å². The number of nitrogens with one attached hydrogen (secondary N) is 1. The lowest BCUT2D eigenvalue weighted by atomic mass is 10.1. The lowest BCUT2D eigenvalue weighted by Crippen LogP contribution is -2.18. The Balaban J connectivity index is 1.39. The summed E-state index contributed by atoms with van der Waals surface area (Å²) in [5.74, 6) is 0.436. The molecule has 0 fully saturated rings. The highest BCUT2D eigenvalue weighted by atomic mass is 16.3. The molecule has 1 heterocycles. The Hall–Kier alpha value is -2.52. The highest BCUT2D eigenvalue weighted by molar-refractivity contribution is 5.44. The highest BCUT2D eigenvalue weighted by Crippen LogP contribution is 2.36. The standard InChI is InChI=1S/C21H22N2O/c24-21-8-4-7-18-19(21)9-10-20(18)22-13-17-11-12-23(15-17)14-16-5-2-1-3-6-16/h1-8,11-12,15,20,22,24H,9-10,13-14H2/t20-/m0/s1. The van der Waals surface area contributed by atoms with Crippen LogP contribution in [0, 0.1) is 0 Å². The second-order valence-electron chi connectivity index (χ2n) is 6.49. The van der Waals surface area contributed by atoms with Gasteiger partial charge >= 0.3 is 0 Å². The Morgan fingerprint density at radius 1 is 1.00 bits per heavy atom. The van der Waals surface area contributed by atoms with E-state index in [9.17, 15) is 5.11 Å². The molecule has 1 aliphatic rings. The molecule has 0 saturated carbocycles. The molecule has 0 saturated heterocycles. The second kappa shape index (κ2) is 6.54. The maximum Gasteiger partial charge on any atom is 0.119 e. The summed E-state index contributed by atoms with van der Waals surface area (Å²) < 4.78 is 2.22. The van der Waals surface area contributed by atoms with Crippen LogP contribution in [0.2, 0.25) is 0 Å². The molecule has 0 aliphatic heterocycles. The van der Waals surface area contributed by atoms with Gasteiger partial charge in [0.05, 0.1) is 0 Å². The van der Waals surface area contributed by atoms with Gasteiger partial charge in [-0.2, -0.15) is 0 Å². The zero-order valence-corrected chi connectivity index (χ0v) is 13.7. The van der Waals surface area contributed by atoms with Crippen molar-refractivity contribution in [1.82, 2.24) is 9.88 Å². The number of rotatable bonds is 5. The molecular weight excluding hydrogens is 296 g/mol. The van der Waals surface area contributed by atoms with Gasteiger partial charge in [-0.3, -0.25) is 0 Å². The number of hydrogen-bond donors (Lipinski definition) is 2. The predicted molar refractivity (Wildman–Crippen MR) is 96.0 cm³/mol. The smallest absolute Gasteiger partial charge is 0.119 e. The maximum atomic E-state index is 9.95. The number of fused-ring (bicyclic) bond motifs is 1. The largest absolute Gasteiger partial charge is 0.508 e. The predicted octanol–water partition coefficient (Wildman–Crippen LogP) is 4.02. The molecule has 3 nitrogen and oxygen atoms in total. The monoisotopic (exact) mass is 318 g/mol. The van der Waals surface area contributed by atoms with Crippen LogP contribution >= 0.6 is 0 Å². The lowest BCUT2D eigenvalue weighted by molar-refractivity contribution is 0.469. The van der Waals surface area contributed by atoms with E-state index in [2.05, 4.69) is 58.7 Å². The molecule has 1 atom stereocenters. The van der Waals surface area contributed by atoms with E-state index < -0.39 is 0 Å². The number of nitrogens with zero attached hydrogens (tertiary/aromatic N) is 1. The van der Waals surface area contributed by atoms with E-state index in [1.807, 2.05) is 12.1 Å². The Bertz CT molecular complexity index is 823. The fraction of sp³-hybridized carbons (Fsp3) is 0.238. The van der Waals surface area contributed by atoms with Gasteiger partial charge in [-0.05, 0) is 47.2 Å². The number of phenols is 1. The Morgan fingerprint density at radius 3 is 2.75 bits per heavy atom. The highest BCUT2D eigenvalue weighted by Gasteiger charge is 2.23. The van der Waals surface area contributed by atoms with Crippen LogP contribution < -0.4 is 5.32 Å². The van der Waals surface area contributed by atoms with E-state index in [1.165, 1.54) is 16.7 Å². The van der Waals surface area contributed by atoms with Gasteiger partial charge < -0.3 is 15.0 Å². The minimum Gasteiger partial charge on any atom is -0.508 e. The molecule has 3 heteroatoms. The molecule has 0 bridgehead atoms. The van der Waals surface area contributed by atoms with Crippen molar-refractivity contribution < 1.29 is 5.11 Å². The molecule has 0 spiro atoms. The van der Waals surface area contributed by atoms with Crippen LogP contribution in [0.4, 0.5) is 0 Å². The summed E-state index contributed by atoms with van der Waals surface area (Å²) in [6, 6.07) is 18.9. The van der Waals surface area contributed by atoms with Gasteiger partial charge in [0.2, 0.25) is 0 Å². The third-order valence-corrected chi connectivity index (χ3v) is 4.82. The quantitative estimate of drug-likeness (QED) is 0.745. The third kappa shape index (κ3) is 3.08. The average Bonchev–Trinajstić information content (AvgIpc) is 3.21. The summed E-state index contributed by atoms with van der Waals surface area (Å²) in [5.41, 5.74) is 4.96. The van der Waals surface area contributed by atoms with Crippen LogP contribution in [0.5, 0.6) is 5.75 Å². The first-order chi connectivity index (χ1) is 11.8. The van der Waals surface area contributed by atoms with Crippen molar-refractivity contribution in [1.29, 1.82) is 0 Å². The topological polar surface area (TPSA) is 37.2 Å². The van der Waals surface area contributed by atoms with E-state index in [0.717, 1.165) is 31.5 Å². The van der Waals surface area contributed by atoms with Gasteiger partial charge in [0.1, 0.15) is 5.75 Å². The van der Waals surface area contributed by atoms with Gasteiger partial charge in [-0.1, -0.05) is 42.5 Å². The summed E-state index contributed by atoms with van der Waals surface area (Å²) in [7, 11) is 0. The zero-order valence-electron chi connectivity index (χ0n) is 13.7. The first-order valence-electron chi connectivity index (χ1n) is 8.52. The van der Waals surface area contributed by atoms with Crippen LogP contribution in [0.3, 0.4) is 0 Å². The molecule has 4 rings (SSSR count). The van der Waals surface area contributed by atoms with Gasteiger partial charge in [0.25, 0.3) is 0 Å². The molecule has 3 aromatic rings. The van der Waals surface area contributed by atoms with Crippen molar-refractivity contribution in [3.63, 3.8) is 0 Å². The fourth-order valence-electron chi connectivity index (χ4n) is 3.58. The lowest BCUT2D eigenvalue weighted by Gasteiger charge is -2.13. The summed E-state index contributed by atoms with van der Waals surface area (Å²) >= 11 is 0. The fourth-order valence-corrected chi connectivity index (χ4v) is 3.58. The Labute approximate surface area is 142 Å². The molecule has 2 aromatic carbocycles. The van der Waals surface area contributed by atoms with Gasteiger partial charge in [-0.25, -0.2) is 0 Å². The van der Waals surface area contributed by atoms with E-state index in [4.69, 9.17) is 0 Å². The third-order valence-electron chi connectivity index (χ3n) is 4.82. The van der Waals surface area contributed by atoms with E-state index >= 15 is 0 Å².